The number of alkyl halides is 3. The van der Waals surface area contributed by atoms with Crippen molar-refractivity contribution in [1.82, 2.24) is 30.3 Å². The molecule has 14 heteroatoms. The number of morpholine rings is 1. The van der Waals surface area contributed by atoms with Crippen LogP contribution in [0.1, 0.15) is 67.2 Å². The molecule has 55 heavy (non-hydrogen) atoms. The zero-order valence-corrected chi connectivity index (χ0v) is 31.1. The number of carbonyl (C=O) groups excluding carboxylic acids is 3. The van der Waals surface area contributed by atoms with E-state index in [4.69, 9.17) is 9.47 Å². The Kier molecular flexibility index (Phi) is 13.0. The van der Waals surface area contributed by atoms with Gasteiger partial charge in [-0.3, -0.25) is 24.3 Å². The highest BCUT2D eigenvalue weighted by Crippen LogP contribution is 2.33. The van der Waals surface area contributed by atoms with Gasteiger partial charge in [0.1, 0.15) is 0 Å². The monoisotopic (exact) mass is 760 g/mol. The molecular formula is C41H47F3N6O5. The molecular weight excluding hydrogens is 713 g/mol. The standard InChI is InChI=1S/C41H47F3N6O5/c1-48(16-17-49-18-20-55-21-19-49)40(53)31-8-4-7-29(23-31)39(52)47-36-12-11-33(50-15-5-10-34(50)27-54-2)25-35(36)37-24-30(13-14-45-37)38(51)46-26-28-6-3-9-32(22-28)41(42,43)44/h3-4,6-9,11,13-14,22-25,34,36H,5,10,12,15-21,26-27H2,1-2H3,(H,46,51)(H,47,52)/t34-,36?/m0/s1. The lowest BCUT2D eigenvalue weighted by Crippen LogP contribution is -2.42. The molecule has 2 atom stereocenters. The smallest absolute Gasteiger partial charge is 0.383 e. The third-order valence-electron chi connectivity index (χ3n) is 10.2. The van der Waals surface area contributed by atoms with Crippen molar-refractivity contribution >= 4 is 23.3 Å². The van der Waals surface area contributed by atoms with Crippen LogP contribution in [0.4, 0.5) is 13.2 Å². The van der Waals surface area contributed by atoms with Crippen LogP contribution < -0.4 is 10.6 Å². The van der Waals surface area contributed by atoms with E-state index < -0.39 is 23.7 Å². The normalized spacial score (nSPS) is 19.0. The van der Waals surface area contributed by atoms with Crippen molar-refractivity contribution in [2.75, 3.05) is 66.7 Å². The first-order valence-corrected chi connectivity index (χ1v) is 18.5. The zero-order chi connectivity index (χ0) is 39.0. The van der Waals surface area contributed by atoms with Crippen molar-refractivity contribution in [3.63, 3.8) is 0 Å². The number of amides is 3. The Labute approximate surface area is 319 Å². The summed E-state index contributed by atoms with van der Waals surface area (Å²) in [5.74, 6) is -1.03. The van der Waals surface area contributed by atoms with E-state index in [9.17, 15) is 27.6 Å². The molecule has 3 aliphatic rings. The molecule has 0 radical (unpaired) electrons. The van der Waals surface area contributed by atoms with Crippen molar-refractivity contribution in [1.29, 1.82) is 0 Å². The lowest BCUT2D eigenvalue weighted by molar-refractivity contribution is -0.137. The summed E-state index contributed by atoms with van der Waals surface area (Å²) in [5.41, 5.74) is 2.65. The van der Waals surface area contributed by atoms with Crippen LogP contribution in [0.2, 0.25) is 0 Å². The van der Waals surface area contributed by atoms with Gasteiger partial charge in [0.25, 0.3) is 17.7 Å². The molecule has 6 rings (SSSR count). The van der Waals surface area contributed by atoms with E-state index in [2.05, 4.69) is 31.5 Å². The second-order valence-electron chi connectivity index (χ2n) is 14.0. The Balaban J connectivity index is 1.19. The van der Waals surface area contributed by atoms with Crippen molar-refractivity contribution in [3.05, 3.63) is 118 Å². The number of methoxy groups -OCH3 is 1. The van der Waals surface area contributed by atoms with Gasteiger partial charge < -0.3 is 29.9 Å². The molecule has 2 N–H and O–H groups in total. The molecule has 1 aromatic heterocycles. The van der Waals surface area contributed by atoms with Crippen LogP contribution in [0.3, 0.4) is 0 Å². The molecule has 2 aliphatic heterocycles. The summed E-state index contributed by atoms with van der Waals surface area (Å²) in [6.07, 6.45) is 3.50. The lowest BCUT2D eigenvalue weighted by atomic mass is 9.92. The predicted octanol–water partition coefficient (Wildman–Crippen LogP) is 5.02. The third kappa shape index (κ3) is 10.2. The number of aromatic nitrogens is 1. The number of carbonyl (C=O) groups is 3. The molecule has 3 amide bonds. The Morgan fingerprint density at radius 2 is 1.75 bits per heavy atom. The fourth-order valence-electron chi connectivity index (χ4n) is 7.16. The van der Waals surface area contributed by atoms with Crippen LogP contribution in [0.5, 0.6) is 0 Å². The number of hydrogen-bond acceptors (Lipinski definition) is 8. The van der Waals surface area contributed by atoms with E-state index in [1.54, 1.807) is 49.4 Å². The predicted molar refractivity (Wildman–Crippen MR) is 201 cm³/mol. The van der Waals surface area contributed by atoms with Crippen LogP contribution in [-0.4, -0.2) is 116 Å². The summed E-state index contributed by atoms with van der Waals surface area (Å²) < 4.78 is 50.6. The number of nitrogens with zero attached hydrogens (tertiary/aromatic N) is 4. The van der Waals surface area contributed by atoms with E-state index in [1.165, 1.54) is 24.4 Å². The fraction of sp³-hybridized carbons (Fsp3) is 0.415. The van der Waals surface area contributed by atoms with Gasteiger partial charge in [-0.1, -0.05) is 24.3 Å². The largest absolute Gasteiger partial charge is 0.416 e. The van der Waals surface area contributed by atoms with Crippen LogP contribution in [0.15, 0.2) is 84.7 Å². The third-order valence-corrected chi connectivity index (χ3v) is 10.2. The van der Waals surface area contributed by atoms with Crippen LogP contribution >= 0.6 is 0 Å². The molecule has 2 fully saturated rings. The Morgan fingerprint density at radius 1 is 0.982 bits per heavy atom. The number of halogens is 3. The molecule has 2 aromatic carbocycles. The highest BCUT2D eigenvalue weighted by Gasteiger charge is 2.32. The first kappa shape index (κ1) is 39.6. The maximum absolute atomic E-state index is 13.8. The van der Waals surface area contributed by atoms with Gasteiger partial charge >= 0.3 is 6.18 Å². The molecule has 0 saturated carbocycles. The van der Waals surface area contributed by atoms with E-state index in [0.29, 0.717) is 60.7 Å². The second kappa shape index (κ2) is 18.1. The molecule has 1 unspecified atom stereocenters. The Hall–Kier alpha value is -5.05. The molecule has 0 spiro atoms. The Bertz CT molecular complexity index is 1910. The number of likely N-dealkylation sites (tertiary alicyclic amines) is 1. The Morgan fingerprint density at radius 3 is 2.53 bits per heavy atom. The van der Waals surface area contributed by atoms with Crippen LogP contribution in [-0.2, 0) is 22.2 Å². The van der Waals surface area contributed by atoms with Gasteiger partial charge in [-0.25, -0.2) is 0 Å². The van der Waals surface area contributed by atoms with E-state index in [1.807, 2.05) is 6.08 Å². The van der Waals surface area contributed by atoms with E-state index in [0.717, 1.165) is 56.9 Å². The maximum atomic E-state index is 13.8. The summed E-state index contributed by atoms with van der Waals surface area (Å²) in [6.45, 7) is 5.59. The number of likely N-dealkylation sites (N-methyl/N-ethyl adjacent to an activating group) is 1. The number of allylic oxidation sites excluding steroid dienone is 1. The second-order valence-corrected chi connectivity index (χ2v) is 14.0. The van der Waals surface area contributed by atoms with Gasteiger partial charge in [-0.05, 0) is 73.4 Å². The average Bonchev–Trinajstić information content (AvgIpc) is 3.67. The fourth-order valence-corrected chi connectivity index (χ4v) is 7.16. The number of hydrogen-bond donors (Lipinski definition) is 2. The molecule has 3 aromatic rings. The minimum atomic E-state index is -4.49. The molecule has 2 saturated heterocycles. The van der Waals surface area contributed by atoms with E-state index in [-0.39, 0.29) is 30.0 Å². The van der Waals surface area contributed by atoms with Crippen molar-refractivity contribution in [2.45, 2.75) is 44.1 Å². The maximum Gasteiger partial charge on any atom is 0.416 e. The number of nitrogens with one attached hydrogen (secondary N) is 2. The highest BCUT2D eigenvalue weighted by atomic mass is 19.4. The number of benzene rings is 2. The van der Waals surface area contributed by atoms with Gasteiger partial charge in [0, 0.05) is 87.6 Å². The molecule has 0 bridgehead atoms. The molecule has 3 heterocycles. The van der Waals surface area contributed by atoms with Gasteiger partial charge in [-0.2, -0.15) is 13.2 Å². The average molecular weight is 761 g/mol. The van der Waals surface area contributed by atoms with Crippen molar-refractivity contribution < 1.29 is 37.0 Å². The summed E-state index contributed by atoms with van der Waals surface area (Å²) in [6, 6.07) is 14.3. The SMILES string of the molecule is COC[C@@H]1CCCN1C1=CCC(NC(=O)c2cccc(C(=O)N(C)CCN3CCOCC3)c2)C(c2cc(C(=O)NCc3cccc(C(F)(F)F)c3)ccn2)=C1. The van der Waals surface area contributed by atoms with Gasteiger partial charge in [0.15, 0.2) is 0 Å². The van der Waals surface area contributed by atoms with Crippen LogP contribution in [0.25, 0.3) is 5.57 Å². The number of rotatable bonds is 13. The summed E-state index contributed by atoms with van der Waals surface area (Å²) in [7, 11) is 3.43. The summed E-state index contributed by atoms with van der Waals surface area (Å²) in [4.78, 5) is 51.3. The minimum absolute atomic E-state index is 0.101. The topological polar surface area (TPSA) is 116 Å². The lowest BCUT2D eigenvalue weighted by Gasteiger charge is -2.32. The van der Waals surface area contributed by atoms with Crippen molar-refractivity contribution in [3.8, 4) is 0 Å². The van der Waals surface area contributed by atoms with Gasteiger partial charge in [0.2, 0.25) is 0 Å². The molecule has 11 nitrogen and oxygen atoms in total. The summed E-state index contributed by atoms with van der Waals surface area (Å²) in [5, 5.41) is 5.85. The van der Waals surface area contributed by atoms with Crippen molar-refractivity contribution in [2.24, 2.45) is 0 Å². The highest BCUT2D eigenvalue weighted by molar-refractivity contribution is 6.00. The van der Waals surface area contributed by atoms with E-state index >= 15 is 0 Å². The van der Waals surface area contributed by atoms with Gasteiger partial charge in [0.05, 0.1) is 43.2 Å². The zero-order valence-electron chi connectivity index (χ0n) is 31.1. The minimum Gasteiger partial charge on any atom is -0.383 e. The van der Waals surface area contributed by atoms with Crippen LogP contribution in [0, 0.1) is 0 Å². The summed E-state index contributed by atoms with van der Waals surface area (Å²) >= 11 is 0. The number of ether oxygens (including phenoxy) is 2. The molecule has 1 aliphatic carbocycles. The molecule has 292 valence electrons. The quantitative estimate of drug-likeness (QED) is 0.250. The first-order chi connectivity index (χ1) is 26.5. The number of pyridine rings is 1. The first-order valence-electron chi connectivity index (χ1n) is 18.5. The van der Waals surface area contributed by atoms with Gasteiger partial charge in [-0.15, -0.1) is 0 Å².